The molecule has 0 bridgehead atoms. The number of hydrogen-bond acceptors (Lipinski definition) is 4. The van der Waals surface area contributed by atoms with Crippen molar-refractivity contribution < 1.29 is 17.6 Å². The number of hydrazine groups is 1. The van der Waals surface area contributed by atoms with E-state index in [0.29, 0.717) is 5.02 Å². The third-order valence-electron chi connectivity index (χ3n) is 3.22. The predicted octanol–water partition coefficient (Wildman–Crippen LogP) is 3.55. The fraction of sp³-hybridized carbons (Fsp3) is 0.133. The number of rotatable bonds is 6. The molecule has 2 aromatic carbocycles. The van der Waals surface area contributed by atoms with E-state index in [-0.39, 0.29) is 20.6 Å². The number of halogens is 4. The largest absolute Gasteiger partial charge is 0.296 e. The lowest BCUT2D eigenvalue weighted by molar-refractivity contribution is -0.120. The minimum absolute atomic E-state index is 0.133. The Labute approximate surface area is 164 Å². The third kappa shape index (κ3) is 4.99. The van der Waals surface area contributed by atoms with Crippen molar-refractivity contribution in [3.05, 3.63) is 57.3 Å². The van der Waals surface area contributed by atoms with Gasteiger partial charge in [0.1, 0.15) is 5.82 Å². The number of benzene rings is 2. The predicted molar refractivity (Wildman–Crippen MR) is 99.5 cm³/mol. The molecule has 0 heterocycles. The molecule has 0 aliphatic rings. The van der Waals surface area contributed by atoms with Crippen LogP contribution in [0.5, 0.6) is 0 Å². The van der Waals surface area contributed by atoms with E-state index in [2.05, 4.69) is 10.9 Å². The first-order valence-corrected chi connectivity index (χ1v) is 9.60. The first-order valence-electron chi connectivity index (χ1n) is 7.02. The number of sulfonamides is 1. The molecule has 0 aromatic heterocycles. The molecule has 26 heavy (non-hydrogen) atoms. The van der Waals surface area contributed by atoms with Crippen LogP contribution >= 0.6 is 34.8 Å². The van der Waals surface area contributed by atoms with Gasteiger partial charge in [-0.1, -0.05) is 34.8 Å². The van der Waals surface area contributed by atoms with Crippen molar-refractivity contribution in [3.8, 4) is 0 Å². The standard InChI is InChI=1S/C15H13Cl3FN3O3S/c1-22(26(24,25)11-4-2-10(19)3-5-11)8-14(23)20-21-15-12(17)6-9(16)7-13(15)18/h2-7,21H,8H2,1H3,(H,20,23). The van der Waals surface area contributed by atoms with E-state index in [1.54, 1.807) is 0 Å². The maximum Gasteiger partial charge on any atom is 0.253 e. The summed E-state index contributed by atoms with van der Waals surface area (Å²) < 4.78 is 38.4. The molecule has 140 valence electrons. The number of likely N-dealkylation sites (N-methyl/N-ethyl adjacent to an activating group) is 1. The Morgan fingerprint density at radius 2 is 1.65 bits per heavy atom. The maximum absolute atomic E-state index is 12.9. The Hall–Kier alpha value is -1.58. The molecule has 6 nitrogen and oxygen atoms in total. The average molecular weight is 441 g/mol. The molecule has 1 amide bonds. The smallest absolute Gasteiger partial charge is 0.253 e. The van der Waals surface area contributed by atoms with Crippen molar-refractivity contribution in [2.45, 2.75) is 4.90 Å². The van der Waals surface area contributed by atoms with Crippen molar-refractivity contribution in [2.24, 2.45) is 0 Å². The summed E-state index contributed by atoms with van der Waals surface area (Å²) in [6.07, 6.45) is 0. The van der Waals surface area contributed by atoms with Crippen LogP contribution in [0, 0.1) is 5.82 Å². The van der Waals surface area contributed by atoms with Gasteiger partial charge < -0.3 is 0 Å². The van der Waals surface area contributed by atoms with E-state index in [1.165, 1.54) is 19.2 Å². The molecule has 2 aromatic rings. The van der Waals surface area contributed by atoms with Crippen LogP contribution in [0.3, 0.4) is 0 Å². The van der Waals surface area contributed by atoms with Gasteiger partial charge in [-0.3, -0.25) is 15.6 Å². The average Bonchev–Trinajstić information content (AvgIpc) is 2.54. The second-order valence-corrected chi connectivity index (χ2v) is 8.43. The van der Waals surface area contributed by atoms with E-state index in [9.17, 15) is 17.6 Å². The minimum Gasteiger partial charge on any atom is -0.296 e. The molecule has 0 unspecified atom stereocenters. The van der Waals surface area contributed by atoms with E-state index in [1.807, 2.05) is 0 Å². The number of nitrogens with zero attached hydrogens (tertiary/aromatic N) is 1. The van der Waals surface area contributed by atoms with Crippen LogP contribution in [0.1, 0.15) is 0 Å². The highest BCUT2D eigenvalue weighted by Gasteiger charge is 2.23. The number of nitrogens with one attached hydrogen (secondary N) is 2. The molecule has 0 radical (unpaired) electrons. The lowest BCUT2D eigenvalue weighted by Crippen LogP contribution is -2.40. The summed E-state index contributed by atoms with van der Waals surface area (Å²) in [6, 6.07) is 7.12. The van der Waals surface area contributed by atoms with E-state index in [0.717, 1.165) is 28.6 Å². The normalized spacial score (nSPS) is 11.5. The first-order chi connectivity index (χ1) is 12.1. The zero-order valence-electron chi connectivity index (χ0n) is 13.3. The molecular weight excluding hydrogens is 428 g/mol. The van der Waals surface area contributed by atoms with Crippen LogP contribution in [0.2, 0.25) is 15.1 Å². The zero-order valence-corrected chi connectivity index (χ0v) is 16.3. The fourth-order valence-corrected chi connectivity index (χ4v) is 3.95. The fourth-order valence-electron chi connectivity index (χ4n) is 1.91. The number of carbonyl (C=O) groups excluding carboxylic acids is 1. The van der Waals surface area contributed by atoms with Gasteiger partial charge in [-0.05, 0) is 36.4 Å². The summed E-state index contributed by atoms with van der Waals surface area (Å²) in [5.41, 5.74) is 5.03. The van der Waals surface area contributed by atoms with Gasteiger partial charge in [-0.15, -0.1) is 0 Å². The zero-order chi connectivity index (χ0) is 19.5. The highest BCUT2D eigenvalue weighted by atomic mass is 35.5. The summed E-state index contributed by atoms with van der Waals surface area (Å²) in [6.45, 7) is -0.491. The SMILES string of the molecule is CN(CC(=O)NNc1c(Cl)cc(Cl)cc1Cl)S(=O)(=O)c1ccc(F)cc1. The van der Waals surface area contributed by atoms with Gasteiger partial charge in [0.2, 0.25) is 10.0 Å². The molecule has 11 heteroatoms. The molecule has 0 atom stereocenters. The van der Waals surface area contributed by atoms with Gasteiger partial charge in [-0.2, -0.15) is 4.31 Å². The maximum atomic E-state index is 12.9. The van der Waals surface area contributed by atoms with E-state index < -0.39 is 28.3 Å². The number of amides is 1. The molecule has 0 saturated heterocycles. The highest BCUT2D eigenvalue weighted by Crippen LogP contribution is 2.33. The summed E-state index contributed by atoms with van der Waals surface area (Å²) >= 11 is 17.7. The van der Waals surface area contributed by atoms with Gasteiger partial charge in [0, 0.05) is 12.1 Å². The van der Waals surface area contributed by atoms with Gasteiger partial charge in [0.15, 0.2) is 0 Å². The minimum atomic E-state index is -3.95. The van der Waals surface area contributed by atoms with Gasteiger partial charge in [-0.25, -0.2) is 12.8 Å². The highest BCUT2D eigenvalue weighted by molar-refractivity contribution is 7.89. The van der Waals surface area contributed by atoms with Crippen LogP contribution in [-0.4, -0.2) is 32.2 Å². The summed E-state index contributed by atoms with van der Waals surface area (Å²) in [4.78, 5) is 11.9. The van der Waals surface area contributed by atoms with Crippen LogP contribution in [0.25, 0.3) is 0 Å². The van der Waals surface area contributed by atoms with E-state index in [4.69, 9.17) is 34.8 Å². The first kappa shape index (κ1) is 20.7. The van der Waals surface area contributed by atoms with Gasteiger partial charge in [0.25, 0.3) is 5.91 Å². The Morgan fingerprint density at radius 1 is 1.12 bits per heavy atom. The molecule has 2 rings (SSSR count). The monoisotopic (exact) mass is 439 g/mol. The Kier molecular flexibility index (Phi) is 6.70. The molecule has 0 aliphatic carbocycles. The molecule has 0 saturated carbocycles. The van der Waals surface area contributed by atoms with Gasteiger partial charge >= 0.3 is 0 Å². The third-order valence-corrected chi connectivity index (χ3v) is 5.85. The molecular formula is C15H13Cl3FN3O3S. The van der Waals surface area contributed by atoms with Gasteiger partial charge in [0.05, 0.1) is 27.2 Å². The van der Waals surface area contributed by atoms with Crippen LogP contribution < -0.4 is 10.9 Å². The summed E-state index contributed by atoms with van der Waals surface area (Å²) in [7, 11) is -2.72. The molecule has 0 spiro atoms. The number of anilines is 1. The Bertz CT molecular complexity index is 900. The van der Waals surface area contributed by atoms with E-state index >= 15 is 0 Å². The number of carbonyl (C=O) groups is 1. The Morgan fingerprint density at radius 3 is 2.19 bits per heavy atom. The topological polar surface area (TPSA) is 78.5 Å². The Balaban J connectivity index is 2.02. The van der Waals surface area contributed by atoms with Crippen molar-refractivity contribution in [1.29, 1.82) is 0 Å². The molecule has 0 fully saturated rings. The van der Waals surface area contributed by atoms with Crippen molar-refractivity contribution in [2.75, 3.05) is 19.0 Å². The number of hydrogen-bond donors (Lipinski definition) is 2. The summed E-state index contributed by atoms with van der Waals surface area (Å²) in [5, 5.41) is 0.673. The second kappa shape index (κ2) is 8.41. The van der Waals surface area contributed by atoms with Crippen molar-refractivity contribution >= 4 is 56.4 Å². The quantitative estimate of drug-likeness (QED) is 0.673. The van der Waals surface area contributed by atoms with Crippen LogP contribution in [0.15, 0.2) is 41.3 Å². The molecule has 2 N–H and O–H groups in total. The van der Waals surface area contributed by atoms with Crippen molar-refractivity contribution in [1.82, 2.24) is 9.73 Å². The lowest BCUT2D eigenvalue weighted by atomic mass is 10.3. The summed E-state index contributed by atoms with van der Waals surface area (Å²) in [5.74, 6) is -1.23. The second-order valence-electron chi connectivity index (χ2n) is 5.13. The lowest BCUT2D eigenvalue weighted by Gasteiger charge is -2.18. The van der Waals surface area contributed by atoms with Crippen molar-refractivity contribution in [3.63, 3.8) is 0 Å². The molecule has 0 aliphatic heterocycles. The van der Waals surface area contributed by atoms with Crippen LogP contribution in [-0.2, 0) is 14.8 Å². The van der Waals surface area contributed by atoms with Crippen LogP contribution in [0.4, 0.5) is 10.1 Å².